The van der Waals surface area contributed by atoms with Crippen molar-refractivity contribution in [2.45, 2.75) is 17.4 Å². The molecule has 104 valence electrons. The van der Waals surface area contributed by atoms with E-state index in [-0.39, 0.29) is 8.72 Å². The van der Waals surface area contributed by atoms with Crippen LogP contribution in [0.2, 0.25) is 0 Å². The van der Waals surface area contributed by atoms with Gasteiger partial charge < -0.3 is 10.2 Å². The molecule has 0 aliphatic heterocycles. The summed E-state index contributed by atoms with van der Waals surface area (Å²) < 4.78 is 24.0. The van der Waals surface area contributed by atoms with E-state index in [9.17, 15) is 18.0 Å². The van der Waals surface area contributed by atoms with Crippen LogP contribution in [-0.4, -0.2) is 40.4 Å². The monoisotopic (exact) mass is 307 g/mol. The van der Waals surface area contributed by atoms with Gasteiger partial charge in [0.2, 0.25) is 0 Å². The van der Waals surface area contributed by atoms with Crippen LogP contribution in [0.4, 0.5) is 0 Å². The normalized spacial score (nSPS) is 13.2. The second-order valence-corrected chi connectivity index (χ2v) is 5.89. The maximum atomic E-state index is 12.0. The average Bonchev–Trinajstić information content (AvgIpc) is 2.35. The van der Waals surface area contributed by atoms with E-state index in [4.69, 9.17) is 22.0 Å². The largest absolute Gasteiger partial charge is 0.481 e. The molecule has 1 rings (SSSR count). The molecule has 9 heteroatoms. The molecule has 0 fully saturated rings. The summed E-state index contributed by atoms with van der Waals surface area (Å²) in [6, 6.07) is 5.01. The minimum Gasteiger partial charge on any atom is -0.481 e. The lowest BCUT2D eigenvalue weighted by Crippen LogP contribution is -2.40. The molecular weight excluding hydrogens is 298 g/mol. The van der Waals surface area contributed by atoms with Gasteiger partial charge >= 0.3 is 11.9 Å². The fraction of sp³-hybridized carbons (Fsp3) is 0.200. The Kier molecular flexibility index (Phi) is 4.87. The Bertz CT molecular complexity index is 573. The summed E-state index contributed by atoms with van der Waals surface area (Å²) in [5.41, 5.74) is 0. The van der Waals surface area contributed by atoms with Gasteiger partial charge in [-0.2, -0.15) is 0 Å². The summed E-state index contributed by atoms with van der Waals surface area (Å²) in [4.78, 5) is 21.2. The molecule has 1 aromatic rings. The number of sulfonamides is 1. The van der Waals surface area contributed by atoms with Gasteiger partial charge in [0.25, 0.3) is 10.0 Å². The van der Waals surface area contributed by atoms with Crippen molar-refractivity contribution in [1.82, 2.24) is 3.82 Å². The van der Waals surface area contributed by atoms with Gasteiger partial charge in [-0.25, -0.2) is 8.42 Å². The Morgan fingerprint density at radius 1 is 1.21 bits per heavy atom. The summed E-state index contributed by atoms with van der Waals surface area (Å²) in [7, 11) is -4.27. The second-order valence-electron chi connectivity index (χ2n) is 3.51. The minimum atomic E-state index is -4.27. The van der Waals surface area contributed by atoms with Crippen LogP contribution in [0.3, 0.4) is 0 Å². The van der Waals surface area contributed by atoms with Gasteiger partial charge in [0, 0.05) is 0 Å². The van der Waals surface area contributed by atoms with Crippen LogP contribution in [0.25, 0.3) is 0 Å². The first-order chi connectivity index (χ1) is 8.76. The molecule has 7 nitrogen and oxygen atoms in total. The van der Waals surface area contributed by atoms with Crippen molar-refractivity contribution >= 4 is 33.7 Å². The van der Waals surface area contributed by atoms with E-state index in [2.05, 4.69) is 0 Å². The highest BCUT2D eigenvalue weighted by atomic mass is 35.5. The summed E-state index contributed by atoms with van der Waals surface area (Å²) >= 11 is 5.51. The third-order valence-corrected chi connectivity index (χ3v) is 4.53. The van der Waals surface area contributed by atoms with Crippen molar-refractivity contribution in [1.29, 1.82) is 0 Å². The van der Waals surface area contributed by atoms with Crippen LogP contribution >= 0.6 is 11.8 Å². The van der Waals surface area contributed by atoms with Gasteiger partial charge in [0.05, 0.1) is 11.3 Å². The third-order valence-electron chi connectivity index (χ3n) is 2.17. The lowest BCUT2D eigenvalue weighted by molar-refractivity contribution is -0.146. The lowest BCUT2D eigenvalue weighted by atomic mass is 10.2. The third kappa shape index (κ3) is 3.66. The van der Waals surface area contributed by atoms with Gasteiger partial charge in [0.1, 0.15) is 6.04 Å². The smallest absolute Gasteiger partial charge is 0.324 e. The molecule has 0 aromatic heterocycles. The molecular formula is C10H10ClNO6S. The van der Waals surface area contributed by atoms with Gasteiger partial charge in [-0.3, -0.25) is 9.59 Å². The Balaban J connectivity index is 3.12. The first-order valence-corrected chi connectivity index (χ1v) is 6.74. The van der Waals surface area contributed by atoms with Crippen molar-refractivity contribution in [3.8, 4) is 0 Å². The van der Waals surface area contributed by atoms with Crippen LogP contribution in [0.15, 0.2) is 35.2 Å². The van der Waals surface area contributed by atoms with Crippen LogP contribution in [-0.2, 0) is 19.6 Å². The fourth-order valence-corrected chi connectivity index (χ4v) is 2.87. The number of hydrogen-bond acceptors (Lipinski definition) is 4. The van der Waals surface area contributed by atoms with Crippen LogP contribution in [0.1, 0.15) is 6.42 Å². The Morgan fingerprint density at radius 2 is 1.74 bits per heavy atom. The molecule has 1 atom stereocenters. The zero-order chi connectivity index (χ0) is 14.6. The highest BCUT2D eigenvalue weighted by Gasteiger charge is 2.36. The molecule has 0 bridgehead atoms. The number of nitrogens with zero attached hydrogens (tertiary/aromatic N) is 1. The molecule has 0 unspecified atom stereocenters. The Morgan fingerprint density at radius 3 is 2.16 bits per heavy atom. The molecule has 0 heterocycles. The van der Waals surface area contributed by atoms with Crippen molar-refractivity contribution in [2.24, 2.45) is 0 Å². The average molecular weight is 308 g/mol. The van der Waals surface area contributed by atoms with E-state index in [0.717, 1.165) is 0 Å². The first kappa shape index (κ1) is 15.4. The van der Waals surface area contributed by atoms with Gasteiger partial charge in [-0.05, 0) is 23.9 Å². The fourth-order valence-electron chi connectivity index (χ4n) is 1.27. The maximum absolute atomic E-state index is 12.0. The zero-order valence-corrected chi connectivity index (χ0v) is 11.0. The maximum Gasteiger partial charge on any atom is 0.324 e. The van der Waals surface area contributed by atoms with E-state index in [0.29, 0.717) is 0 Å². The number of carbonyl (C=O) groups is 2. The molecule has 1 aromatic carbocycles. The molecule has 19 heavy (non-hydrogen) atoms. The van der Waals surface area contributed by atoms with E-state index < -0.39 is 34.4 Å². The molecule has 0 saturated heterocycles. The number of carboxylic acids is 2. The van der Waals surface area contributed by atoms with Crippen molar-refractivity contribution in [2.75, 3.05) is 0 Å². The van der Waals surface area contributed by atoms with Gasteiger partial charge in [-0.15, -0.1) is 0 Å². The standard InChI is InChI=1S/C10H10ClNO6S/c11-12(8(10(15)16)6-9(13)14)19(17,18)7-4-2-1-3-5-7/h1-5,8H,6H2,(H,13,14)(H,15,16)/t8-/m0/s1. The van der Waals surface area contributed by atoms with E-state index in [1.165, 1.54) is 24.3 Å². The minimum absolute atomic E-state index is 0.0266. The summed E-state index contributed by atoms with van der Waals surface area (Å²) in [6.07, 6.45) is -0.940. The van der Waals surface area contributed by atoms with Gasteiger partial charge in [0.15, 0.2) is 0 Å². The molecule has 0 amide bonds. The van der Waals surface area contributed by atoms with Gasteiger partial charge in [-0.1, -0.05) is 22.0 Å². The summed E-state index contributed by atoms with van der Waals surface area (Å²) in [6.45, 7) is 0. The number of aliphatic carboxylic acids is 2. The van der Waals surface area contributed by atoms with Crippen LogP contribution in [0, 0.1) is 0 Å². The van der Waals surface area contributed by atoms with E-state index >= 15 is 0 Å². The highest BCUT2D eigenvalue weighted by Crippen LogP contribution is 2.22. The number of carboxylic acid groups (broad SMARTS) is 2. The van der Waals surface area contributed by atoms with E-state index in [1.807, 2.05) is 0 Å². The van der Waals surface area contributed by atoms with E-state index in [1.54, 1.807) is 6.07 Å². The van der Waals surface area contributed by atoms with Crippen molar-refractivity contribution < 1.29 is 28.2 Å². The second kappa shape index (κ2) is 6.00. The van der Waals surface area contributed by atoms with Crippen LogP contribution in [0.5, 0.6) is 0 Å². The SMILES string of the molecule is O=C(O)C[C@@H](C(=O)O)N(Cl)S(=O)(=O)c1ccccc1. The van der Waals surface area contributed by atoms with Crippen molar-refractivity contribution in [3.63, 3.8) is 0 Å². The number of hydrogen-bond donors (Lipinski definition) is 2. The zero-order valence-electron chi connectivity index (χ0n) is 9.43. The van der Waals surface area contributed by atoms with Crippen LogP contribution < -0.4 is 0 Å². The predicted octanol–water partition coefficient (Wildman–Crippen LogP) is 0.759. The molecule has 2 N–H and O–H groups in total. The molecule has 0 radical (unpaired) electrons. The quantitative estimate of drug-likeness (QED) is 0.750. The number of benzene rings is 1. The summed E-state index contributed by atoms with van der Waals surface area (Å²) in [5.74, 6) is -3.11. The summed E-state index contributed by atoms with van der Waals surface area (Å²) in [5, 5.41) is 17.4. The molecule has 0 aliphatic carbocycles. The number of rotatable bonds is 6. The Hall–Kier alpha value is -1.64. The Labute approximate surface area is 114 Å². The topological polar surface area (TPSA) is 112 Å². The highest BCUT2D eigenvalue weighted by molar-refractivity contribution is 7.90. The molecule has 0 saturated carbocycles. The predicted molar refractivity (Wildman–Crippen MR) is 65.0 cm³/mol. The molecule has 0 aliphatic rings. The van der Waals surface area contributed by atoms with Crippen molar-refractivity contribution in [3.05, 3.63) is 30.3 Å². The molecule has 0 spiro atoms. The first-order valence-electron chi connectivity index (χ1n) is 4.96. The number of halogens is 1. The lowest BCUT2D eigenvalue weighted by Gasteiger charge is -2.20.